The van der Waals surface area contributed by atoms with Gasteiger partial charge in [0.2, 0.25) is 0 Å². The highest BCUT2D eigenvalue weighted by atomic mass is 31.1. The van der Waals surface area contributed by atoms with Gasteiger partial charge < -0.3 is 0 Å². The molecule has 0 aliphatic heterocycles. The molecule has 0 fully saturated rings. The molecular weight excluding hydrogens is 171 g/mol. The second-order valence-corrected chi connectivity index (χ2v) is 4.26. The van der Waals surface area contributed by atoms with E-state index in [0.29, 0.717) is 12.8 Å². The molecule has 2 unspecified atom stereocenters. The molecule has 0 bridgehead atoms. The maximum Gasteiger partial charge on any atom is 0.507 e. The standard InChI is InChI=1S/C5H8.C4H10O2P/c1-5-3-2-4-5;1-3-6-7(5)4-2/h2-3,5H,4H2,1H3;3-4H2,1-2H3/q;+1. The first-order valence-electron chi connectivity index (χ1n) is 4.44. The summed E-state index contributed by atoms with van der Waals surface area (Å²) >= 11 is 0. The van der Waals surface area contributed by atoms with Gasteiger partial charge in [0.1, 0.15) is 0 Å². The molecule has 0 saturated heterocycles. The van der Waals surface area contributed by atoms with Gasteiger partial charge in [0, 0.05) is 0 Å². The summed E-state index contributed by atoms with van der Waals surface area (Å²) in [6.07, 6.45) is 6.36. The van der Waals surface area contributed by atoms with Crippen LogP contribution in [-0.2, 0) is 9.09 Å². The molecule has 2 atom stereocenters. The van der Waals surface area contributed by atoms with E-state index < -0.39 is 8.03 Å². The van der Waals surface area contributed by atoms with Gasteiger partial charge in [-0.15, -0.1) is 4.52 Å². The van der Waals surface area contributed by atoms with Crippen molar-refractivity contribution >= 4 is 8.03 Å². The summed E-state index contributed by atoms with van der Waals surface area (Å²) in [6, 6.07) is 0. The Hall–Kier alpha value is -0.200. The highest BCUT2D eigenvalue weighted by Crippen LogP contribution is 2.19. The van der Waals surface area contributed by atoms with Crippen LogP contribution < -0.4 is 0 Å². The molecule has 2 nitrogen and oxygen atoms in total. The van der Waals surface area contributed by atoms with E-state index in [1.165, 1.54) is 6.42 Å². The Balaban J connectivity index is 0.000000211. The highest BCUT2D eigenvalue weighted by molar-refractivity contribution is 7.39. The van der Waals surface area contributed by atoms with Crippen molar-refractivity contribution in [1.29, 1.82) is 0 Å². The van der Waals surface area contributed by atoms with E-state index in [0.717, 1.165) is 5.92 Å². The first-order valence-corrected chi connectivity index (χ1v) is 5.81. The monoisotopic (exact) mass is 189 g/mol. The molecule has 12 heavy (non-hydrogen) atoms. The number of hydrogen-bond acceptors (Lipinski definition) is 2. The summed E-state index contributed by atoms with van der Waals surface area (Å²) in [5, 5.41) is 0. The van der Waals surface area contributed by atoms with E-state index in [9.17, 15) is 4.57 Å². The van der Waals surface area contributed by atoms with Gasteiger partial charge in [-0.3, -0.25) is 0 Å². The summed E-state index contributed by atoms with van der Waals surface area (Å²) < 4.78 is 15.0. The van der Waals surface area contributed by atoms with Crippen LogP contribution in [0.5, 0.6) is 0 Å². The fourth-order valence-electron chi connectivity index (χ4n) is 0.644. The van der Waals surface area contributed by atoms with Crippen LogP contribution in [0.25, 0.3) is 0 Å². The average molecular weight is 189 g/mol. The number of rotatable bonds is 3. The smallest absolute Gasteiger partial charge is 0.147 e. The van der Waals surface area contributed by atoms with Crippen LogP contribution in [0.15, 0.2) is 12.2 Å². The zero-order valence-electron chi connectivity index (χ0n) is 8.12. The van der Waals surface area contributed by atoms with Crippen molar-refractivity contribution in [3.63, 3.8) is 0 Å². The molecule has 0 N–H and O–H groups in total. The lowest BCUT2D eigenvalue weighted by atomic mass is 9.98. The Morgan fingerprint density at radius 2 is 2.08 bits per heavy atom. The van der Waals surface area contributed by atoms with Gasteiger partial charge in [0.25, 0.3) is 0 Å². The molecule has 0 saturated carbocycles. The normalized spacial score (nSPS) is 20.6. The average Bonchev–Trinajstić information content (AvgIpc) is 2.02. The molecule has 0 aromatic rings. The van der Waals surface area contributed by atoms with Crippen LogP contribution in [0.1, 0.15) is 27.2 Å². The third kappa shape index (κ3) is 6.51. The molecule has 1 rings (SSSR count). The Bertz CT molecular complexity index is 155. The first kappa shape index (κ1) is 11.8. The van der Waals surface area contributed by atoms with E-state index >= 15 is 0 Å². The quantitative estimate of drug-likeness (QED) is 0.502. The fraction of sp³-hybridized carbons (Fsp3) is 0.778. The molecule has 1 aliphatic carbocycles. The maximum atomic E-state index is 10.3. The van der Waals surface area contributed by atoms with E-state index in [1.807, 2.05) is 13.8 Å². The fourth-order valence-corrected chi connectivity index (χ4v) is 1.11. The van der Waals surface area contributed by atoms with Crippen LogP contribution in [0.3, 0.4) is 0 Å². The van der Waals surface area contributed by atoms with Crippen LogP contribution in [-0.4, -0.2) is 12.8 Å². The minimum atomic E-state index is -1.33. The molecule has 0 spiro atoms. The van der Waals surface area contributed by atoms with E-state index in [1.54, 1.807) is 0 Å². The van der Waals surface area contributed by atoms with Gasteiger partial charge in [0.15, 0.2) is 6.16 Å². The van der Waals surface area contributed by atoms with E-state index in [4.69, 9.17) is 4.52 Å². The molecule has 1 aliphatic rings. The number of allylic oxidation sites excluding steroid dienone is 2. The Morgan fingerprint density at radius 3 is 2.17 bits per heavy atom. The van der Waals surface area contributed by atoms with Crippen molar-refractivity contribution in [3.05, 3.63) is 12.2 Å². The summed E-state index contributed by atoms with van der Waals surface area (Å²) in [6.45, 7) is 6.46. The van der Waals surface area contributed by atoms with Gasteiger partial charge in [-0.1, -0.05) is 19.1 Å². The lowest BCUT2D eigenvalue weighted by molar-refractivity contribution is 0.351. The maximum absolute atomic E-state index is 10.3. The first-order chi connectivity index (χ1) is 5.70. The summed E-state index contributed by atoms with van der Waals surface area (Å²) in [5.74, 6) is 0.884. The third-order valence-corrected chi connectivity index (χ3v) is 2.57. The number of hydrogen-bond donors (Lipinski definition) is 0. The minimum Gasteiger partial charge on any atom is -0.147 e. The third-order valence-electron chi connectivity index (χ3n) is 1.50. The Kier molecular flexibility index (Phi) is 7.33. The zero-order valence-corrected chi connectivity index (χ0v) is 9.01. The second-order valence-electron chi connectivity index (χ2n) is 2.71. The molecule has 0 aromatic heterocycles. The van der Waals surface area contributed by atoms with Gasteiger partial charge in [-0.05, 0) is 30.8 Å². The van der Waals surface area contributed by atoms with E-state index in [2.05, 4.69) is 19.1 Å². The molecule has 0 heterocycles. The molecule has 0 radical (unpaired) electrons. The van der Waals surface area contributed by atoms with Crippen molar-refractivity contribution in [3.8, 4) is 0 Å². The lowest BCUT2D eigenvalue weighted by Gasteiger charge is -2.08. The van der Waals surface area contributed by atoms with Crippen LogP contribution in [0.2, 0.25) is 0 Å². The van der Waals surface area contributed by atoms with E-state index in [-0.39, 0.29) is 0 Å². The lowest BCUT2D eigenvalue weighted by Crippen LogP contribution is -1.93. The van der Waals surface area contributed by atoms with Crippen LogP contribution in [0.4, 0.5) is 0 Å². The molecule has 0 amide bonds. The Morgan fingerprint density at radius 1 is 1.58 bits per heavy atom. The topological polar surface area (TPSA) is 26.3 Å². The van der Waals surface area contributed by atoms with Crippen LogP contribution in [0, 0.1) is 5.92 Å². The van der Waals surface area contributed by atoms with Crippen LogP contribution >= 0.6 is 8.03 Å². The highest BCUT2D eigenvalue weighted by Gasteiger charge is 2.08. The predicted octanol–water partition coefficient (Wildman–Crippen LogP) is 3.37. The molecular formula is C9H18O2P+. The van der Waals surface area contributed by atoms with Crippen molar-refractivity contribution in [2.45, 2.75) is 27.2 Å². The van der Waals surface area contributed by atoms with Crippen molar-refractivity contribution in [1.82, 2.24) is 0 Å². The zero-order chi connectivity index (χ0) is 9.40. The minimum absolute atomic E-state index is 0.559. The van der Waals surface area contributed by atoms with Gasteiger partial charge >= 0.3 is 8.03 Å². The van der Waals surface area contributed by atoms with Gasteiger partial charge in [-0.2, -0.15) is 0 Å². The van der Waals surface area contributed by atoms with Crippen molar-refractivity contribution < 1.29 is 9.09 Å². The molecule has 3 heteroatoms. The summed E-state index contributed by atoms with van der Waals surface area (Å²) in [7, 11) is -1.33. The molecule has 0 aromatic carbocycles. The largest absolute Gasteiger partial charge is 0.507 e. The van der Waals surface area contributed by atoms with Gasteiger partial charge in [0.05, 0.1) is 6.61 Å². The predicted molar refractivity (Wildman–Crippen MR) is 52.7 cm³/mol. The van der Waals surface area contributed by atoms with Crippen molar-refractivity contribution in [2.24, 2.45) is 5.92 Å². The van der Waals surface area contributed by atoms with Crippen molar-refractivity contribution in [2.75, 3.05) is 12.8 Å². The van der Waals surface area contributed by atoms with Gasteiger partial charge in [-0.25, -0.2) is 0 Å². The second kappa shape index (κ2) is 7.45. The summed E-state index contributed by atoms with van der Waals surface area (Å²) in [4.78, 5) is 0. The molecule has 70 valence electrons. The Labute approximate surface area is 75.9 Å². The SMILES string of the molecule is CC1C=CC1.CCO[P+](=O)CC. The summed E-state index contributed by atoms with van der Waals surface area (Å²) in [5.41, 5.74) is 0.